The van der Waals surface area contributed by atoms with E-state index >= 15 is 0 Å². The molecule has 14 heavy (non-hydrogen) atoms. The third-order valence-electron chi connectivity index (χ3n) is 2.15. The topological polar surface area (TPSA) is 29.1 Å². The molecule has 0 aromatic rings. The molecule has 0 radical (unpaired) electrons. The van der Waals surface area contributed by atoms with E-state index in [1.165, 1.54) is 0 Å². The molecule has 86 valence electrons. The lowest BCUT2D eigenvalue weighted by Crippen LogP contribution is -2.38. The summed E-state index contributed by atoms with van der Waals surface area (Å²) in [5, 5.41) is 3.35. The van der Waals surface area contributed by atoms with Crippen molar-refractivity contribution in [2.45, 2.75) is 46.6 Å². The molecule has 0 aliphatic heterocycles. The van der Waals surface area contributed by atoms with Crippen molar-refractivity contribution in [1.82, 2.24) is 5.32 Å². The molecule has 0 aromatic carbocycles. The van der Waals surface area contributed by atoms with E-state index in [2.05, 4.69) is 39.9 Å². The second-order valence-corrected chi connectivity index (χ2v) is 6.62. The van der Waals surface area contributed by atoms with Gasteiger partial charge in [0.25, 0.3) is 0 Å². The van der Waals surface area contributed by atoms with Crippen LogP contribution in [-0.2, 0) is 10.8 Å². The Morgan fingerprint density at radius 2 is 1.93 bits per heavy atom. The highest BCUT2D eigenvalue weighted by Gasteiger charge is 2.10. The van der Waals surface area contributed by atoms with Crippen molar-refractivity contribution in [2.24, 2.45) is 5.92 Å². The average Bonchev–Trinajstić information content (AvgIpc) is 2.01. The van der Waals surface area contributed by atoms with Gasteiger partial charge in [-0.05, 0) is 26.7 Å². The SMILES string of the molecule is CCC(C)CS(=O)CCNC(C)(C)C. The number of hydrogen-bond donors (Lipinski definition) is 1. The molecule has 0 aliphatic rings. The monoisotopic (exact) mass is 219 g/mol. The number of rotatable bonds is 6. The van der Waals surface area contributed by atoms with E-state index in [1.54, 1.807) is 0 Å². The first-order valence-electron chi connectivity index (χ1n) is 5.45. The van der Waals surface area contributed by atoms with Crippen LogP contribution in [0.5, 0.6) is 0 Å². The minimum absolute atomic E-state index is 0.139. The van der Waals surface area contributed by atoms with Gasteiger partial charge in [-0.1, -0.05) is 20.3 Å². The molecule has 0 heterocycles. The molecular formula is C11H25NOS. The van der Waals surface area contributed by atoms with Crippen LogP contribution in [0.3, 0.4) is 0 Å². The van der Waals surface area contributed by atoms with Crippen LogP contribution < -0.4 is 5.32 Å². The van der Waals surface area contributed by atoms with Crippen LogP contribution in [0.4, 0.5) is 0 Å². The Labute approximate surface area is 91.3 Å². The number of hydrogen-bond acceptors (Lipinski definition) is 2. The van der Waals surface area contributed by atoms with Crippen LogP contribution in [0.15, 0.2) is 0 Å². The van der Waals surface area contributed by atoms with E-state index in [-0.39, 0.29) is 5.54 Å². The summed E-state index contributed by atoms with van der Waals surface area (Å²) < 4.78 is 11.6. The summed E-state index contributed by atoms with van der Waals surface area (Å²) in [5.74, 6) is 2.22. The standard InChI is InChI=1S/C11H25NOS/c1-6-10(2)9-14(13)8-7-12-11(3,4)5/h10,12H,6-9H2,1-5H3. The molecule has 2 atom stereocenters. The summed E-state index contributed by atoms with van der Waals surface area (Å²) in [6.07, 6.45) is 1.12. The smallest absolute Gasteiger partial charge is 0.0360 e. The molecule has 1 N–H and O–H groups in total. The van der Waals surface area contributed by atoms with Crippen molar-refractivity contribution in [3.05, 3.63) is 0 Å². The summed E-state index contributed by atoms with van der Waals surface area (Å²) >= 11 is 0. The van der Waals surface area contributed by atoms with Crippen LogP contribution in [0.1, 0.15) is 41.0 Å². The van der Waals surface area contributed by atoms with Gasteiger partial charge in [-0.25, -0.2) is 0 Å². The Bertz CT molecular complexity index is 175. The zero-order valence-electron chi connectivity index (χ0n) is 10.2. The predicted octanol–water partition coefficient (Wildman–Crippen LogP) is 2.17. The van der Waals surface area contributed by atoms with E-state index in [0.717, 1.165) is 24.5 Å². The second-order valence-electron chi connectivity index (χ2n) is 5.00. The van der Waals surface area contributed by atoms with E-state index in [1.807, 2.05) is 0 Å². The first-order valence-corrected chi connectivity index (χ1v) is 6.94. The molecule has 0 saturated heterocycles. The van der Waals surface area contributed by atoms with E-state index in [0.29, 0.717) is 5.92 Å². The molecule has 0 fully saturated rings. The molecular weight excluding hydrogens is 194 g/mol. The van der Waals surface area contributed by atoms with E-state index < -0.39 is 10.8 Å². The summed E-state index contributed by atoms with van der Waals surface area (Å²) in [6, 6.07) is 0. The van der Waals surface area contributed by atoms with Crippen LogP contribution in [0.25, 0.3) is 0 Å². The Morgan fingerprint density at radius 1 is 1.36 bits per heavy atom. The fraction of sp³-hybridized carbons (Fsp3) is 1.00. The maximum absolute atomic E-state index is 11.6. The Kier molecular flexibility index (Phi) is 6.62. The van der Waals surface area contributed by atoms with Crippen molar-refractivity contribution in [2.75, 3.05) is 18.1 Å². The highest BCUT2D eigenvalue weighted by atomic mass is 32.2. The lowest BCUT2D eigenvalue weighted by molar-refractivity contribution is 0.440. The molecule has 0 aromatic heterocycles. The number of nitrogens with one attached hydrogen (secondary N) is 1. The lowest BCUT2D eigenvalue weighted by atomic mass is 10.1. The molecule has 0 bridgehead atoms. The van der Waals surface area contributed by atoms with Crippen molar-refractivity contribution in [1.29, 1.82) is 0 Å². The largest absolute Gasteiger partial charge is 0.311 e. The molecule has 3 heteroatoms. The minimum Gasteiger partial charge on any atom is -0.311 e. The first kappa shape index (κ1) is 14.1. The van der Waals surface area contributed by atoms with Crippen LogP contribution in [-0.4, -0.2) is 27.8 Å². The zero-order valence-corrected chi connectivity index (χ0v) is 11.0. The first-order chi connectivity index (χ1) is 6.35. The summed E-state index contributed by atoms with van der Waals surface area (Å²) in [4.78, 5) is 0. The van der Waals surface area contributed by atoms with Gasteiger partial charge in [-0.3, -0.25) is 4.21 Å². The van der Waals surface area contributed by atoms with Crippen molar-refractivity contribution in [3.63, 3.8) is 0 Å². The van der Waals surface area contributed by atoms with Gasteiger partial charge in [0.2, 0.25) is 0 Å². The summed E-state index contributed by atoms with van der Waals surface area (Å²) in [6.45, 7) is 11.6. The fourth-order valence-corrected chi connectivity index (χ4v) is 2.43. The highest BCUT2D eigenvalue weighted by molar-refractivity contribution is 7.85. The maximum atomic E-state index is 11.6. The molecule has 0 rings (SSSR count). The molecule has 0 aliphatic carbocycles. The third kappa shape index (κ3) is 8.70. The Morgan fingerprint density at radius 3 is 2.36 bits per heavy atom. The maximum Gasteiger partial charge on any atom is 0.0360 e. The van der Waals surface area contributed by atoms with Gasteiger partial charge >= 0.3 is 0 Å². The minimum atomic E-state index is -0.647. The molecule has 0 spiro atoms. The summed E-state index contributed by atoms with van der Waals surface area (Å²) in [5.41, 5.74) is 0.139. The van der Waals surface area contributed by atoms with E-state index in [9.17, 15) is 4.21 Å². The second kappa shape index (κ2) is 6.57. The van der Waals surface area contributed by atoms with Crippen LogP contribution in [0, 0.1) is 5.92 Å². The van der Waals surface area contributed by atoms with Gasteiger partial charge in [0.15, 0.2) is 0 Å². The molecule has 2 nitrogen and oxygen atoms in total. The van der Waals surface area contributed by atoms with Gasteiger partial charge in [0.1, 0.15) is 0 Å². The Hall–Kier alpha value is 0.110. The third-order valence-corrected chi connectivity index (χ3v) is 3.75. The normalized spacial score (nSPS) is 16.6. The molecule has 0 amide bonds. The lowest BCUT2D eigenvalue weighted by Gasteiger charge is -2.20. The molecule has 2 unspecified atom stereocenters. The van der Waals surface area contributed by atoms with Crippen LogP contribution in [0.2, 0.25) is 0 Å². The Balaban J connectivity index is 3.55. The predicted molar refractivity (Wildman–Crippen MR) is 65.1 cm³/mol. The van der Waals surface area contributed by atoms with Gasteiger partial charge in [0, 0.05) is 34.4 Å². The van der Waals surface area contributed by atoms with Crippen molar-refractivity contribution < 1.29 is 4.21 Å². The van der Waals surface area contributed by atoms with E-state index in [4.69, 9.17) is 0 Å². The quantitative estimate of drug-likeness (QED) is 0.742. The van der Waals surface area contributed by atoms with Gasteiger partial charge in [-0.15, -0.1) is 0 Å². The van der Waals surface area contributed by atoms with Gasteiger partial charge in [-0.2, -0.15) is 0 Å². The summed E-state index contributed by atoms with van der Waals surface area (Å²) in [7, 11) is -0.647. The van der Waals surface area contributed by atoms with Crippen LogP contribution >= 0.6 is 0 Å². The van der Waals surface area contributed by atoms with Crippen molar-refractivity contribution >= 4 is 10.8 Å². The molecule has 0 saturated carbocycles. The zero-order chi connectivity index (χ0) is 11.2. The fourth-order valence-electron chi connectivity index (χ4n) is 1.06. The van der Waals surface area contributed by atoms with Gasteiger partial charge in [0.05, 0.1) is 0 Å². The van der Waals surface area contributed by atoms with Crippen molar-refractivity contribution in [3.8, 4) is 0 Å². The average molecular weight is 219 g/mol. The highest BCUT2D eigenvalue weighted by Crippen LogP contribution is 2.03. The van der Waals surface area contributed by atoms with Gasteiger partial charge < -0.3 is 5.32 Å².